The summed E-state index contributed by atoms with van der Waals surface area (Å²) in [5.74, 6) is -2.06. The highest BCUT2D eigenvalue weighted by atomic mass is 19.1. The predicted octanol–water partition coefficient (Wildman–Crippen LogP) is 1.05. The molecule has 0 atom stereocenters. The van der Waals surface area contributed by atoms with E-state index in [4.69, 9.17) is 9.84 Å². The van der Waals surface area contributed by atoms with E-state index in [1.807, 2.05) is 0 Å². The van der Waals surface area contributed by atoms with Gasteiger partial charge in [-0.3, -0.25) is 4.79 Å². The lowest BCUT2D eigenvalue weighted by Gasteiger charge is -2.17. The predicted molar refractivity (Wildman–Crippen MR) is 61.2 cm³/mol. The highest BCUT2D eigenvalue weighted by Crippen LogP contribution is 2.09. The summed E-state index contributed by atoms with van der Waals surface area (Å²) in [4.78, 5) is 13.1. The first-order valence-electron chi connectivity index (χ1n) is 5.44. The summed E-state index contributed by atoms with van der Waals surface area (Å²) in [5.41, 5.74) is -0.0443. The van der Waals surface area contributed by atoms with Crippen molar-refractivity contribution in [1.82, 2.24) is 4.90 Å². The molecule has 1 amide bonds. The van der Waals surface area contributed by atoms with Crippen LogP contribution in [0.25, 0.3) is 0 Å². The van der Waals surface area contributed by atoms with Gasteiger partial charge in [-0.05, 0) is 12.1 Å². The van der Waals surface area contributed by atoms with Crippen molar-refractivity contribution in [2.24, 2.45) is 0 Å². The fourth-order valence-electron chi connectivity index (χ4n) is 1.37. The molecule has 0 spiro atoms. The number of benzene rings is 1. The van der Waals surface area contributed by atoms with Crippen LogP contribution in [0.4, 0.5) is 8.78 Å². The first kappa shape index (κ1) is 14.5. The summed E-state index contributed by atoms with van der Waals surface area (Å²) in [5, 5.41) is 8.49. The number of carbonyl (C=O) groups is 1. The van der Waals surface area contributed by atoms with Crippen molar-refractivity contribution in [2.45, 2.75) is 0 Å². The highest BCUT2D eigenvalue weighted by Gasteiger charge is 2.13. The first-order chi connectivity index (χ1) is 8.54. The largest absolute Gasteiger partial charge is 0.394 e. The van der Waals surface area contributed by atoms with Gasteiger partial charge in [0.2, 0.25) is 0 Å². The lowest BCUT2D eigenvalue weighted by Crippen LogP contribution is -2.30. The van der Waals surface area contributed by atoms with Gasteiger partial charge < -0.3 is 14.7 Å². The molecule has 0 aromatic heterocycles. The van der Waals surface area contributed by atoms with E-state index in [-0.39, 0.29) is 31.9 Å². The van der Waals surface area contributed by atoms with Crippen molar-refractivity contribution in [1.29, 1.82) is 0 Å². The van der Waals surface area contributed by atoms with Crippen molar-refractivity contribution in [3.05, 3.63) is 35.4 Å². The van der Waals surface area contributed by atoms with E-state index in [9.17, 15) is 13.6 Å². The van der Waals surface area contributed by atoms with Crippen LogP contribution < -0.4 is 0 Å². The summed E-state index contributed by atoms with van der Waals surface area (Å²) in [6.45, 7) is 0.626. The van der Waals surface area contributed by atoms with Crippen LogP contribution in [-0.2, 0) is 4.74 Å². The Morgan fingerprint density at radius 3 is 2.44 bits per heavy atom. The fraction of sp³-hybridized carbons (Fsp3) is 0.417. The van der Waals surface area contributed by atoms with Crippen LogP contribution in [0.1, 0.15) is 10.4 Å². The van der Waals surface area contributed by atoms with Gasteiger partial charge in [0.1, 0.15) is 11.6 Å². The second-order valence-electron chi connectivity index (χ2n) is 3.72. The average molecular weight is 259 g/mol. The summed E-state index contributed by atoms with van der Waals surface area (Å²) < 4.78 is 30.9. The monoisotopic (exact) mass is 259 g/mol. The number of carbonyl (C=O) groups excluding carboxylic acids is 1. The number of nitrogens with zero attached hydrogens (tertiary/aromatic N) is 1. The molecule has 6 heteroatoms. The second kappa shape index (κ2) is 7.03. The van der Waals surface area contributed by atoms with Gasteiger partial charge in [0, 0.05) is 25.2 Å². The minimum absolute atomic E-state index is 0.0443. The zero-order valence-electron chi connectivity index (χ0n) is 10.0. The molecule has 0 aliphatic heterocycles. The molecule has 1 rings (SSSR count). The van der Waals surface area contributed by atoms with Crippen LogP contribution in [0.5, 0.6) is 0 Å². The van der Waals surface area contributed by atoms with Crippen LogP contribution in [0.3, 0.4) is 0 Å². The Bertz CT molecular complexity index is 392. The maximum Gasteiger partial charge on any atom is 0.253 e. The van der Waals surface area contributed by atoms with Gasteiger partial charge in [-0.1, -0.05) is 0 Å². The lowest BCUT2D eigenvalue weighted by atomic mass is 10.2. The number of aliphatic hydroxyl groups excluding tert-OH is 1. The number of amides is 1. The van der Waals surface area contributed by atoms with Crippen molar-refractivity contribution in [3.8, 4) is 0 Å². The second-order valence-corrected chi connectivity index (χ2v) is 3.72. The molecule has 0 aliphatic carbocycles. The van der Waals surface area contributed by atoms with Gasteiger partial charge >= 0.3 is 0 Å². The van der Waals surface area contributed by atoms with E-state index in [0.29, 0.717) is 6.07 Å². The van der Waals surface area contributed by atoms with Gasteiger partial charge in [0.05, 0.1) is 19.8 Å². The Morgan fingerprint density at radius 1 is 1.28 bits per heavy atom. The normalized spacial score (nSPS) is 10.4. The van der Waals surface area contributed by atoms with Gasteiger partial charge in [0.15, 0.2) is 0 Å². The number of halogens is 2. The van der Waals surface area contributed by atoms with E-state index in [1.54, 1.807) is 0 Å². The summed E-state index contributed by atoms with van der Waals surface area (Å²) >= 11 is 0. The van der Waals surface area contributed by atoms with E-state index in [2.05, 4.69) is 0 Å². The SMILES string of the molecule is CN(CCOCCO)C(=O)c1cc(F)cc(F)c1. The average Bonchev–Trinajstić information content (AvgIpc) is 2.32. The maximum absolute atomic E-state index is 12.9. The van der Waals surface area contributed by atoms with Crippen molar-refractivity contribution in [2.75, 3.05) is 33.4 Å². The van der Waals surface area contributed by atoms with E-state index >= 15 is 0 Å². The van der Waals surface area contributed by atoms with E-state index in [0.717, 1.165) is 12.1 Å². The van der Waals surface area contributed by atoms with Crippen LogP contribution in [0, 0.1) is 11.6 Å². The molecule has 1 N–H and O–H groups in total. The van der Waals surface area contributed by atoms with Gasteiger partial charge in [0.25, 0.3) is 5.91 Å². The molecule has 0 saturated carbocycles. The Kier molecular flexibility index (Phi) is 5.67. The van der Waals surface area contributed by atoms with Crippen molar-refractivity contribution >= 4 is 5.91 Å². The molecule has 100 valence electrons. The number of likely N-dealkylation sites (N-methyl/N-ethyl adjacent to an activating group) is 1. The molecule has 1 aromatic rings. The van der Waals surface area contributed by atoms with Gasteiger partial charge in [-0.25, -0.2) is 8.78 Å². The summed E-state index contributed by atoms with van der Waals surface area (Å²) in [6, 6.07) is 2.67. The molecule has 0 unspecified atom stereocenters. The van der Waals surface area contributed by atoms with Crippen LogP contribution in [0.2, 0.25) is 0 Å². The van der Waals surface area contributed by atoms with E-state index in [1.165, 1.54) is 11.9 Å². The summed E-state index contributed by atoms with van der Waals surface area (Å²) in [7, 11) is 1.51. The Morgan fingerprint density at radius 2 is 1.89 bits per heavy atom. The third-order valence-corrected chi connectivity index (χ3v) is 2.26. The van der Waals surface area contributed by atoms with Gasteiger partial charge in [-0.15, -0.1) is 0 Å². The van der Waals surface area contributed by atoms with Crippen LogP contribution >= 0.6 is 0 Å². The number of hydrogen-bond acceptors (Lipinski definition) is 3. The number of hydrogen-bond donors (Lipinski definition) is 1. The molecular weight excluding hydrogens is 244 g/mol. The zero-order chi connectivity index (χ0) is 13.5. The topological polar surface area (TPSA) is 49.8 Å². The minimum Gasteiger partial charge on any atom is -0.394 e. The molecule has 1 aromatic carbocycles. The quantitative estimate of drug-likeness (QED) is 0.777. The number of ether oxygens (including phenoxy) is 1. The van der Waals surface area contributed by atoms with Crippen LogP contribution in [0.15, 0.2) is 18.2 Å². The first-order valence-corrected chi connectivity index (χ1v) is 5.44. The number of aliphatic hydroxyl groups is 1. The highest BCUT2D eigenvalue weighted by molar-refractivity contribution is 5.94. The third-order valence-electron chi connectivity index (χ3n) is 2.26. The summed E-state index contributed by atoms with van der Waals surface area (Å²) in [6.07, 6.45) is 0. The lowest BCUT2D eigenvalue weighted by molar-refractivity contribution is 0.0618. The molecular formula is C12H15F2NO3. The molecule has 18 heavy (non-hydrogen) atoms. The number of rotatable bonds is 6. The molecule has 0 aliphatic rings. The fourth-order valence-corrected chi connectivity index (χ4v) is 1.37. The minimum atomic E-state index is -0.789. The molecule has 0 heterocycles. The zero-order valence-corrected chi connectivity index (χ0v) is 10.0. The van der Waals surface area contributed by atoms with Crippen molar-refractivity contribution < 1.29 is 23.4 Å². The van der Waals surface area contributed by atoms with E-state index < -0.39 is 17.5 Å². The maximum atomic E-state index is 12.9. The smallest absolute Gasteiger partial charge is 0.253 e. The molecule has 0 fully saturated rings. The molecule has 4 nitrogen and oxygen atoms in total. The van der Waals surface area contributed by atoms with Crippen molar-refractivity contribution in [3.63, 3.8) is 0 Å². The van der Waals surface area contributed by atoms with Crippen LogP contribution in [-0.4, -0.2) is 49.3 Å². The Labute approximate surface area is 104 Å². The molecule has 0 saturated heterocycles. The molecule has 0 radical (unpaired) electrons. The molecule has 0 bridgehead atoms. The van der Waals surface area contributed by atoms with Gasteiger partial charge in [-0.2, -0.15) is 0 Å². The third kappa shape index (κ3) is 4.38. The Hall–Kier alpha value is -1.53. The standard InChI is InChI=1S/C12H15F2NO3/c1-15(2-4-18-5-3-16)12(17)9-6-10(13)8-11(14)7-9/h6-8,16H,2-5H2,1H3. The Balaban J connectivity index is 2.57.